The number of aromatic hydroxyl groups is 1. The molecule has 35 heavy (non-hydrogen) atoms. The monoisotopic (exact) mass is 654 g/mol. The summed E-state index contributed by atoms with van der Waals surface area (Å²) in [7, 11) is 1.27. The lowest BCUT2D eigenvalue weighted by atomic mass is 10.0. The van der Waals surface area contributed by atoms with Crippen molar-refractivity contribution < 1.29 is 14.6 Å². The summed E-state index contributed by atoms with van der Waals surface area (Å²) in [5, 5.41) is 6.38. The van der Waals surface area contributed by atoms with Crippen LogP contribution in [-0.4, -0.2) is 45.6 Å². The maximum atomic E-state index is 11.4. The number of aryl methyl sites for hydroxylation is 1. The smallest absolute Gasteiger partial charge is 0.325 e. The fourth-order valence-corrected chi connectivity index (χ4v) is 5.34. The van der Waals surface area contributed by atoms with Crippen molar-refractivity contribution in [3.8, 4) is 5.75 Å². The van der Waals surface area contributed by atoms with E-state index < -0.39 is 22.1 Å². The predicted molar refractivity (Wildman–Crippen MR) is 157 cm³/mol. The van der Waals surface area contributed by atoms with Crippen LogP contribution < -0.4 is 0 Å². The number of carbonyl (C=O) groups is 1. The van der Waals surface area contributed by atoms with Gasteiger partial charge in [-0.25, -0.2) is 0 Å². The maximum Gasteiger partial charge on any atom is 0.325 e. The first-order valence-corrected chi connectivity index (χ1v) is 15.4. The zero-order chi connectivity index (χ0) is 26.6. The highest BCUT2D eigenvalue weighted by atomic mass is 79.9. The summed E-state index contributed by atoms with van der Waals surface area (Å²) in [6.07, 6.45) is 14.4. The molecule has 0 saturated heterocycles. The van der Waals surface area contributed by atoms with Crippen molar-refractivity contribution >= 4 is 79.9 Å². The van der Waals surface area contributed by atoms with E-state index in [1.54, 1.807) is 6.07 Å². The predicted octanol–water partition coefficient (Wildman–Crippen LogP) is 9.97. The maximum absolute atomic E-state index is 11.4. The van der Waals surface area contributed by atoms with Gasteiger partial charge in [0.1, 0.15) is 11.1 Å². The molecule has 0 heterocycles. The quantitative estimate of drug-likeness (QED) is 0.103. The van der Waals surface area contributed by atoms with E-state index in [0.717, 1.165) is 41.6 Å². The Morgan fingerprint density at radius 2 is 1.37 bits per heavy atom. The molecule has 0 radical (unpaired) electrons. The summed E-state index contributed by atoms with van der Waals surface area (Å²) >= 11 is 33.5. The van der Waals surface area contributed by atoms with Crippen molar-refractivity contribution in [2.75, 3.05) is 13.0 Å². The van der Waals surface area contributed by atoms with Crippen molar-refractivity contribution in [2.45, 2.75) is 105 Å². The van der Waals surface area contributed by atoms with Crippen LogP contribution in [0.25, 0.3) is 0 Å². The molecule has 9 heteroatoms. The van der Waals surface area contributed by atoms with Crippen molar-refractivity contribution in [3.63, 3.8) is 0 Å². The van der Waals surface area contributed by atoms with Gasteiger partial charge in [0.2, 0.25) is 0 Å². The van der Waals surface area contributed by atoms with Gasteiger partial charge < -0.3 is 9.84 Å². The number of benzene rings is 1. The number of esters is 1. The van der Waals surface area contributed by atoms with Crippen LogP contribution in [-0.2, 0) is 9.53 Å². The standard InChI is InChI=1S/C19H33Cl5O2.C7H7BrO/c1-26-19(25)18(24)17(23)16(22)15(21)13-11-9-7-5-3-2-4-6-8-10-12-14-20;1-5-2-3-7(9)6(8)4-5/h15-18H,2-14H2,1H3;2-4,9H,1H3. The number of phenols is 1. The molecule has 204 valence electrons. The number of hydrogen-bond donors (Lipinski definition) is 1. The van der Waals surface area contributed by atoms with Gasteiger partial charge in [-0.15, -0.1) is 58.0 Å². The van der Waals surface area contributed by atoms with Gasteiger partial charge in [0.25, 0.3) is 0 Å². The average molecular weight is 658 g/mol. The Labute approximate surface area is 245 Å². The largest absolute Gasteiger partial charge is 0.507 e. The second-order valence-corrected chi connectivity index (χ2v) is 11.9. The van der Waals surface area contributed by atoms with Crippen LogP contribution in [0.3, 0.4) is 0 Å². The second kappa shape index (κ2) is 22.4. The third-order valence-electron chi connectivity index (χ3n) is 5.57. The number of phenolic OH excluding ortho intramolecular Hbond substituents is 1. The number of carbonyl (C=O) groups excluding carboxylic acids is 1. The number of halogens is 6. The average Bonchev–Trinajstić information content (AvgIpc) is 2.85. The first-order chi connectivity index (χ1) is 16.6. The van der Waals surface area contributed by atoms with Gasteiger partial charge >= 0.3 is 5.97 Å². The van der Waals surface area contributed by atoms with E-state index in [0.29, 0.717) is 5.75 Å². The van der Waals surface area contributed by atoms with E-state index in [4.69, 9.17) is 63.1 Å². The van der Waals surface area contributed by atoms with Crippen LogP contribution in [0.1, 0.15) is 82.6 Å². The number of hydrogen-bond acceptors (Lipinski definition) is 3. The zero-order valence-electron chi connectivity index (χ0n) is 20.8. The SMILES string of the molecule is COC(=O)C(Cl)C(Cl)C(Cl)C(Cl)CCCCCCCCCCCCCCl.Cc1ccc(O)c(Br)c1. The first-order valence-electron chi connectivity index (χ1n) is 12.3. The molecule has 0 aromatic heterocycles. The molecule has 0 aliphatic carbocycles. The van der Waals surface area contributed by atoms with Gasteiger partial charge in [-0.05, 0) is 53.4 Å². The molecular weight excluding hydrogens is 617 g/mol. The van der Waals surface area contributed by atoms with Crippen molar-refractivity contribution in [1.82, 2.24) is 0 Å². The molecule has 4 unspecified atom stereocenters. The number of unbranched alkanes of at least 4 members (excludes halogenated alkanes) is 10. The highest BCUT2D eigenvalue weighted by Crippen LogP contribution is 2.28. The summed E-state index contributed by atoms with van der Waals surface area (Å²) in [6.45, 7) is 1.98. The molecule has 1 aromatic carbocycles. The summed E-state index contributed by atoms with van der Waals surface area (Å²) in [5.74, 6) is 0.498. The van der Waals surface area contributed by atoms with Crippen LogP contribution in [0.5, 0.6) is 5.75 Å². The van der Waals surface area contributed by atoms with Gasteiger partial charge in [-0.3, -0.25) is 4.79 Å². The molecular formula is C26H40BrCl5O3. The third kappa shape index (κ3) is 17.5. The molecule has 3 nitrogen and oxygen atoms in total. The Morgan fingerprint density at radius 3 is 1.80 bits per heavy atom. The summed E-state index contributed by atoms with van der Waals surface area (Å²) in [4.78, 5) is 11.4. The molecule has 1 rings (SSSR count). The normalized spacial score (nSPS) is 14.4. The molecule has 0 spiro atoms. The molecule has 4 atom stereocenters. The molecule has 0 aliphatic heterocycles. The first kappa shape index (κ1) is 35.4. The van der Waals surface area contributed by atoms with Crippen molar-refractivity contribution in [1.29, 1.82) is 0 Å². The molecule has 0 aliphatic rings. The molecule has 1 aromatic rings. The Kier molecular flexibility index (Phi) is 22.7. The highest BCUT2D eigenvalue weighted by Gasteiger charge is 2.34. The minimum Gasteiger partial charge on any atom is -0.507 e. The van der Waals surface area contributed by atoms with Crippen LogP contribution in [0, 0.1) is 6.92 Å². The van der Waals surface area contributed by atoms with E-state index in [1.807, 2.05) is 19.1 Å². The third-order valence-corrected chi connectivity index (χ3v) is 8.90. The van der Waals surface area contributed by atoms with Gasteiger partial charge in [-0.2, -0.15) is 0 Å². The molecule has 0 bridgehead atoms. The van der Waals surface area contributed by atoms with E-state index in [9.17, 15) is 4.79 Å². The van der Waals surface area contributed by atoms with Crippen molar-refractivity contribution in [2.24, 2.45) is 0 Å². The Balaban J connectivity index is 0.00000106. The van der Waals surface area contributed by atoms with Crippen LogP contribution in [0.4, 0.5) is 0 Å². The summed E-state index contributed by atoms with van der Waals surface area (Å²) in [6, 6.07) is 5.40. The number of alkyl halides is 5. The van der Waals surface area contributed by atoms with Crippen molar-refractivity contribution in [3.05, 3.63) is 28.2 Å². The number of methoxy groups -OCH3 is 1. The minimum absolute atomic E-state index is 0.292. The number of rotatable bonds is 17. The Bertz CT molecular complexity index is 680. The highest BCUT2D eigenvalue weighted by molar-refractivity contribution is 9.10. The lowest BCUT2D eigenvalue weighted by Crippen LogP contribution is -2.37. The van der Waals surface area contributed by atoms with E-state index >= 15 is 0 Å². The lowest BCUT2D eigenvalue weighted by molar-refractivity contribution is -0.140. The van der Waals surface area contributed by atoms with E-state index in [2.05, 4.69) is 20.7 Å². The molecule has 0 amide bonds. The Hall–Kier alpha value is 0.420. The molecule has 0 fully saturated rings. The second-order valence-electron chi connectivity index (χ2n) is 8.65. The van der Waals surface area contributed by atoms with Gasteiger partial charge in [0.15, 0.2) is 0 Å². The minimum atomic E-state index is -0.986. The Morgan fingerprint density at radius 1 is 0.886 bits per heavy atom. The zero-order valence-corrected chi connectivity index (χ0v) is 26.1. The van der Waals surface area contributed by atoms with E-state index in [1.165, 1.54) is 58.5 Å². The summed E-state index contributed by atoms with van der Waals surface area (Å²) in [5.41, 5.74) is 1.14. The molecule has 1 N–H and O–H groups in total. The topological polar surface area (TPSA) is 46.5 Å². The fraction of sp³-hybridized carbons (Fsp3) is 0.731. The van der Waals surface area contributed by atoms with Gasteiger partial charge in [0, 0.05) is 5.88 Å². The van der Waals surface area contributed by atoms with Gasteiger partial charge in [-0.1, -0.05) is 70.3 Å². The fourth-order valence-electron chi connectivity index (χ4n) is 3.40. The number of ether oxygens (including phenoxy) is 1. The van der Waals surface area contributed by atoms with Crippen LogP contribution >= 0.6 is 73.9 Å². The van der Waals surface area contributed by atoms with Crippen LogP contribution in [0.2, 0.25) is 0 Å². The van der Waals surface area contributed by atoms with Crippen LogP contribution in [0.15, 0.2) is 22.7 Å². The lowest BCUT2D eigenvalue weighted by Gasteiger charge is -2.23. The van der Waals surface area contributed by atoms with E-state index in [-0.39, 0.29) is 5.38 Å². The molecule has 0 saturated carbocycles. The summed E-state index contributed by atoms with van der Waals surface area (Å²) < 4.78 is 5.33. The van der Waals surface area contributed by atoms with Gasteiger partial charge in [0.05, 0.1) is 27.7 Å².